The molecule has 0 saturated carbocycles. The predicted octanol–water partition coefficient (Wildman–Crippen LogP) is 5.73. The van der Waals surface area contributed by atoms with Crippen LogP contribution in [0, 0.1) is 11.3 Å². The topological polar surface area (TPSA) is 104 Å². The van der Waals surface area contributed by atoms with E-state index in [1.54, 1.807) is 4.90 Å². The van der Waals surface area contributed by atoms with Gasteiger partial charge in [0.1, 0.15) is 30.8 Å². The number of benzene rings is 2. The molecule has 5 heterocycles. The van der Waals surface area contributed by atoms with E-state index in [1.165, 1.54) is 11.1 Å². The Kier molecular flexibility index (Phi) is 8.52. The zero-order chi connectivity index (χ0) is 33.4. The SMILES string of the molecule is N#CC[C@H]1CN(c2nc(OC[C@@]34CCCN3C[C@H](F)C4)nc3c2CCC2(CCCc4ccccc42)O3)CCN1C(=O)OCc1ccccc1. The van der Waals surface area contributed by atoms with Crippen molar-refractivity contribution in [2.75, 3.05) is 44.2 Å². The molecule has 3 saturated heterocycles. The van der Waals surface area contributed by atoms with Crippen molar-refractivity contribution in [3.05, 3.63) is 76.9 Å². The van der Waals surface area contributed by atoms with Gasteiger partial charge in [-0.3, -0.25) is 4.90 Å². The first kappa shape index (κ1) is 31.8. The van der Waals surface area contributed by atoms with E-state index in [9.17, 15) is 14.4 Å². The van der Waals surface area contributed by atoms with Crippen LogP contribution >= 0.6 is 0 Å². The van der Waals surface area contributed by atoms with Gasteiger partial charge in [0, 0.05) is 32.6 Å². The van der Waals surface area contributed by atoms with Crippen LogP contribution in [0.25, 0.3) is 0 Å². The molecule has 3 aromatic rings. The van der Waals surface area contributed by atoms with Crippen molar-refractivity contribution in [3.8, 4) is 18.0 Å². The van der Waals surface area contributed by atoms with Crippen LogP contribution in [0.3, 0.4) is 0 Å². The monoisotopic (exact) mass is 666 g/mol. The standard InChI is InChI=1S/C38H43FN6O4/c39-29-22-37(15-7-19-44(37)23-29)26-48-35-41-33(31-13-17-38(49-34(31)42-35)16-6-11-28-10-4-5-12-32(28)38)43-20-21-45(30(24-43)14-18-40)36(46)47-25-27-8-2-1-3-9-27/h1-5,8-10,12,29-30H,6-7,11,13-17,19-26H2/t29-,30+,37+,38?/m1/s1. The van der Waals surface area contributed by atoms with E-state index >= 15 is 0 Å². The first-order valence-electron chi connectivity index (χ1n) is 17.7. The molecule has 8 rings (SSSR count). The highest BCUT2D eigenvalue weighted by molar-refractivity contribution is 5.69. The third-order valence-electron chi connectivity index (χ3n) is 11.3. The van der Waals surface area contributed by atoms with Gasteiger partial charge in [-0.25, -0.2) is 9.18 Å². The maximum absolute atomic E-state index is 14.6. The lowest BCUT2D eigenvalue weighted by molar-refractivity contribution is 0.0184. The van der Waals surface area contributed by atoms with Gasteiger partial charge in [-0.05, 0) is 68.2 Å². The molecule has 4 aliphatic heterocycles. The first-order valence-corrected chi connectivity index (χ1v) is 17.7. The van der Waals surface area contributed by atoms with Crippen LogP contribution < -0.4 is 14.4 Å². The number of anilines is 1. The average Bonchev–Trinajstić information content (AvgIpc) is 3.65. The Balaban J connectivity index is 1.08. The quantitative estimate of drug-likeness (QED) is 0.313. The Hall–Kier alpha value is -4.43. The van der Waals surface area contributed by atoms with Gasteiger partial charge in [0.2, 0.25) is 5.88 Å². The molecule has 5 aliphatic rings. The van der Waals surface area contributed by atoms with Gasteiger partial charge >= 0.3 is 12.1 Å². The van der Waals surface area contributed by atoms with Gasteiger partial charge in [0.05, 0.1) is 29.6 Å². The van der Waals surface area contributed by atoms with Gasteiger partial charge in [-0.15, -0.1) is 0 Å². The number of amides is 1. The minimum Gasteiger partial charge on any atom is -0.466 e. The molecule has 2 aromatic carbocycles. The number of aromatic nitrogens is 2. The number of halogens is 1. The molecule has 0 N–H and O–H groups in total. The molecule has 0 bridgehead atoms. The minimum absolute atomic E-state index is 0.159. The van der Waals surface area contributed by atoms with Crippen molar-refractivity contribution in [2.24, 2.45) is 0 Å². The fourth-order valence-corrected chi connectivity index (χ4v) is 8.89. The van der Waals surface area contributed by atoms with Crippen LogP contribution in [-0.4, -0.2) is 82.9 Å². The van der Waals surface area contributed by atoms with E-state index in [1.807, 2.05) is 30.3 Å². The van der Waals surface area contributed by atoms with Crippen LogP contribution in [0.1, 0.15) is 67.2 Å². The van der Waals surface area contributed by atoms with Gasteiger partial charge in [0.25, 0.3) is 0 Å². The summed E-state index contributed by atoms with van der Waals surface area (Å²) in [4.78, 5) is 29.2. The number of hydrogen-bond donors (Lipinski definition) is 0. The molecule has 10 nitrogen and oxygen atoms in total. The highest BCUT2D eigenvalue weighted by atomic mass is 19.1. The smallest absolute Gasteiger partial charge is 0.410 e. The molecule has 3 fully saturated rings. The maximum atomic E-state index is 14.6. The molecule has 1 aliphatic carbocycles. The van der Waals surface area contributed by atoms with E-state index in [2.05, 4.69) is 40.1 Å². The summed E-state index contributed by atoms with van der Waals surface area (Å²) < 4.78 is 33.6. The Morgan fingerprint density at radius 1 is 1.00 bits per heavy atom. The minimum atomic E-state index is -0.855. The lowest BCUT2D eigenvalue weighted by Crippen LogP contribution is -2.55. The molecule has 1 amide bonds. The third-order valence-corrected chi connectivity index (χ3v) is 11.3. The van der Waals surface area contributed by atoms with E-state index in [-0.39, 0.29) is 30.6 Å². The normalized spacial score (nSPS) is 27.5. The van der Waals surface area contributed by atoms with E-state index in [4.69, 9.17) is 24.2 Å². The van der Waals surface area contributed by atoms with Crippen molar-refractivity contribution in [1.29, 1.82) is 5.26 Å². The molecular weight excluding hydrogens is 623 g/mol. The third kappa shape index (κ3) is 6.05. The summed E-state index contributed by atoms with van der Waals surface area (Å²) in [5.74, 6) is 1.25. The van der Waals surface area contributed by atoms with Crippen LogP contribution in [0.5, 0.6) is 11.9 Å². The second-order valence-electron chi connectivity index (χ2n) is 14.3. The van der Waals surface area contributed by atoms with Gasteiger partial charge in [0.15, 0.2) is 0 Å². The van der Waals surface area contributed by atoms with E-state index in [0.29, 0.717) is 45.1 Å². The van der Waals surface area contributed by atoms with Crippen LogP contribution in [0.15, 0.2) is 54.6 Å². The number of nitrogens with zero attached hydrogens (tertiary/aromatic N) is 6. The fourth-order valence-electron chi connectivity index (χ4n) is 8.89. The number of fused-ring (bicyclic) bond motifs is 4. The molecule has 1 unspecified atom stereocenters. The van der Waals surface area contributed by atoms with Crippen molar-refractivity contribution in [1.82, 2.24) is 19.8 Å². The number of piperazine rings is 1. The molecule has 1 spiro atoms. The summed E-state index contributed by atoms with van der Waals surface area (Å²) in [5, 5.41) is 9.76. The summed E-state index contributed by atoms with van der Waals surface area (Å²) in [6.45, 7) is 3.10. The predicted molar refractivity (Wildman–Crippen MR) is 180 cm³/mol. The van der Waals surface area contributed by atoms with E-state index < -0.39 is 17.9 Å². The van der Waals surface area contributed by atoms with Crippen LogP contribution in [0.4, 0.5) is 15.0 Å². The number of alkyl halides is 1. The average molecular weight is 667 g/mol. The summed E-state index contributed by atoms with van der Waals surface area (Å²) in [7, 11) is 0. The van der Waals surface area contributed by atoms with Crippen molar-refractivity contribution >= 4 is 11.9 Å². The van der Waals surface area contributed by atoms with Crippen molar-refractivity contribution < 1.29 is 23.4 Å². The van der Waals surface area contributed by atoms with Crippen molar-refractivity contribution in [2.45, 2.75) is 87.7 Å². The number of aryl methyl sites for hydroxylation is 1. The molecule has 256 valence electrons. The molecular formula is C38H43FN6O4. The highest BCUT2D eigenvalue weighted by Crippen LogP contribution is 2.48. The number of hydrogen-bond acceptors (Lipinski definition) is 9. The number of carbonyl (C=O) groups excluding carboxylic acids is 1. The first-order chi connectivity index (χ1) is 24.0. The molecule has 49 heavy (non-hydrogen) atoms. The summed E-state index contributed by atoms with van der Waals surface area (Å²) in [6.07, 6.45) is 5.75. The van der Waals surface area contributed by atoms with Gasteiger partial charge in [-0.2, -0.15) is 15.2 Å². The molecule has 1 aromatic heterocycles. The van der Waals surface area contributed by atoms with Gasteiger partial charge < -0.3 is 24.0 Å². The Morgan fingerprint density at radius 3 is 2.73 bits per heavy atom. The maximum Gasteiger partial charge on any atom is 0.410 e. The Bertz CT molecular complexity index is 1740. The second kappa shape index (κ2) is 13.1. The van der Waals surface area contributed by atoms with Crippen LogP contribution in [-0.2, 0) is 29.8 Å². The molecule has 11 heteroatoms. The summed E-state index contributed by atoms with van der Waals surface area (Å²) in [5.41, 5.74) is 3.56. The second-order valence-corrected chi connectivity index (χ2v) is 14.3. The fraction of sp³-hybridized carbons (Fsp3) is 0.526. The van der Waals surface area contributed by atoms with Crippen molar-refractivity contribution in [3.63, 3.8) is 0 Å². The largest absolute Gasteiger partial charge is 0.466 e. The number of carbonyl (C=O) groups is 1. The lowest BCUT2D eigenvalue weighted by atomic mass is 9.75. The number of ether oxygens (including phenoxy) is 3. The molecule has 4 atom stereocenters. The zero-order valence-corrected chi connectivity index (χ0v) is 27.9. The number of nitriles is 1. The van der Waals surface area contributed by atoms with Gasteiger partial charge in [-0.1, -0.05) is 54.6 Å². The lowest BCUT2D eigenvalue weighted by Gasteiger charge is -2.44. The highest BCUT2D eigenvalue weighted by Gasteiger charge is 2.50. The Labute approximate surface area is 286 Å². The summed E-state index contributed by atoms with van der Waals surface area (Å²) in [6, 6.07) is 20.2. The van der Waals surface area contributed by atoms with Crippen LogP contribution in [0.2, 0.25) is 0 Å². The molecule has 0 radical (unpaired) electrons. The Morgan fingerprint density at radius 2 is 1.86 bits per heavy atom. The summed E-state index contributed by atoms with van der Waals surface area (Å²) >= 11 is 0. The van der Waals surface area contributed by atoms with E-state index in [0.717, 1.165) is 68.4 Å². The zero-order valence-electron chi connectivity index (χ0n) is 27.9. The number of rotatable bonds is 7.